The lowest BCUT2D eigenvalue weighted by molar-refractivity contribution is -0.136. The molecule has 7 nitrogen and oxygen atoms in total. The number of thioether (sulfide) groups is 1. The molecule has 9 heteroatoms. The molecule has 0 radical (unpaired) electrons. The minimum atomic E-state index is -0.943. The Morgan fingerprint density at radius 3 is 2.50 bits per heavy atom. The Bertz CT molecular complexity index is 1300. The highest BCUT2D eigenvalue weighted by Crippen LogP contribution is 2.32. The predicted molar refractivity (Wildman–Crippen MR) is 143 cm³/mol. The van der Waals surface area contributed by atoms with Crippen LogP contribution in [0.3, 0.4) is 0 Å². The molecule has 1 N–H and O–H groups in total. The van der Waals surface area contributed by atoms with Crippen LogP contribution in [0.4, 0.5) is 4.79 Å². The molecule has 0 bridgehead atoms. The van der Waals surface area contributed by atoms with Gasteiger partial charge in [0.1, 0.15) is 17.2 Å². The monoisotopic (exact) mass is 531 g/mol. The molecule has 1 unspecified atom stereocenters. The van der Waals surface area contributed by atoms with Gasteiger partial charge in [-0.1, -0.05) is 41.9 Å². The molecule has 1 aromatic heterocycles. The highest BCUT2D eigenvalue weighted by atomic mass is 35.5. The van der Waals surface area contributed by atoms with Gasteiger partial charge in [0.05, 0.1) is 5.02 Å². The zero-order valence-electron chi connectivity index (χ0n) is 21.0. The minimum Gasteiger partial charge on any atom is -0.444 e. The Morgan fingerprint density at radius 2 is 1.86 bits per heavy atom. The van der Waals surface area contributed by atoms with Crippen molar-refractivity contribution in [1.82, 2.24) is 5.32 Å². The van der Waals surface area contributed by atoms with E-state index in [-0.39, 0.29) is 16.4 Å². The van der Waals surface area contributed by atoms with Crippen molar-refractivity contribution in [3.8, 4) is 5.75 Å². The fourth-order valence-corrected chi connectivity index (χ4v) is 4.26. The van der Waals surface area contributed by atoms with Crippen LogP contribution in [0.5, 0.6) is 5.75 Å². The molecule has 1 heterocycles. The number of ether oxygens (including phenoxy) is 2. The van der Waals surface area contributed by atoms with Crippen LogP contribution in [0.2, 0.25) is 5.02 Å². The number of carbonyl (C=O) groups is 2. The fourth-order valence-electron chi connectivity index (χ4n) is 3.59. The molecule has 0 spiro atoms. The van der Waals surface area contributed by atoms with Gasteiger partial charge in [-0.2, -0.15) is 11.8 Å². The lowest BCUT2D eigenvalue weighted by atomic mass is 9.99. The number of rotatable bonds is 8. The Labute approximate surface area is 219 Å². The van der Waals surface area contributed by atoms with Crippen molar-refractivity contribution in [3.63, 3.8) is 0 Å². The summed E-state index contributed by atoms with van der Waals surface area (Å²) in [7, 11) is 0. The topological polar surface area (TPSA) is 94.8 Å². The summed E-state index contributed by atoms with van der Waals surface area (Å²) in [5, 5.41) is 3.40. The molecule has 36 heavy (non-hydrogen) atoms. The van der Waals surface area contributed by atoms with Crippen molar-refractivity contribution in [2.45, 2.75) is 52.2 Å². The third kappa shape index (κ3) is 7.27. The van der Waals surface area contributed by atoms with Gasteiger partial charge in [-0.15, -0.1) is 0 Å². The number of amides is 1. The Hall–Kier alpha value is -2.97. The standard InChI is InChI=1S/C27H30ClNO6S/c1-16-18-14-20(28)23(15-22(18)33-24(30)19(16)13-17-9-7-6-8-10-17)34-25(31)21(11-12-36-5)29-26(32)35-27(2,3)4/h6-10,14-15,21H,11-13H2,1-5H3,(H,29,32). The summed E-state index contributed by atoms with van der Waals surface area (Å²) in [5.41, 5.74) is 1.34. The molecule has 0 aliphatic rings. The summed E-state index contributed by atoms with van der Waals surface area (Å²) < 4.78 is 16.4. The van der Waals surface area contributed by atoms with Crippen molar-refractivity contribution in [3.05, 3.63) is 74.6 Å². The number of esters is 1. The number of fused-ring (bicyclic) bond motifs is 1. The summed E-state index contributed by atoms with van der Waals surface area (Å²) in [6.45, 7) is 7.04. The molecule has 1 atom stereocenters. The van der Waals surface area contributed by atoms with Gasteiger partial charge in [0.2, 0.25) is 0 Å². The maximum absolute atomic E-state index is 12.9. The van der Waals surface area contributed by atoms with E-state index in [1.165, 1.54) is 17.8 Å². The number of halogens is 1. The molecule has 0 saturated carbocycles. The van der Waals surface area contributed by atoms with Crippen LogP contribution in [0.25, 0.3) is 11.0 Å². The molecule has 0 saturated heterocycles. The highest BCUT2D eigenvalue weighted by molar-refractivity contribution is 7.98. The van der Waals surface area contributed by atoms with E-state index < -0.39 is 29.3 Å². The lowest BCUT2D eigenvalue weighted by Gasteiger charge is -2.23. The van der Waals surface area contributed by atoms with Crippen LogP contribution < -0.4 is 15.7 Å². The molecule has 0 fully saturated rings. The van der Waals surface area contributed by atoms with Crippen LogP contribution in [0, 0.1) is 6.92 Å². The summed E-state index contributed by atoms with van der Waals surface area (Å²) in [4.78, 5) is 38.0. The van der Waals surface area contributed by atoms with E-state index in [1.807, 2.05) is 43.5 Å². The Morgan fingerprint density at radius 1 is 1.17 bits per heavy atom. The Balaban J connectivity index is 1.87. The van der Waals surface area contributed by atoms with Crippen molar-refractivity contribution in [2.24, 2.45) is 0 Å². The van der Waals surface area contributed by atoms with E-state index in [0.29, 0.717) is 29.5 Å². The van der Waals surface area contributed by atoms with Crippen molar-refractivity contribution >= 4 is 46.4 Å². The maximum Gasteiger partial charge on any atom is 0.408 e. The van der Waals surface area contributed by atoms with Crippen LogP contribution in [0.1, 0.15) is 43.9 Å². The zero-order chi connectivity index (χ0) is 26.5. The van der Waals surface area contributed by atoms with Crippen LogP contribution in [-0.4, -0.2) is 35.7 Å². The summed E-state index contributed by atoms with van der Waals surface area (Å²) in [5.74, 6) is -0.0529. The summed E-state index contributed by atoms with van der Waals surface area (Å²) in [6, 6.07) is 11.7. The fraction of sp³-hybridized carbons (Fsp3) is 0.370. The smallest absolute Gasteiger partial charge is 0.408 e. The van der Waals surface area contributed by atoms with Gasteiger partial charge in [-0.25, -0.2) is 14.4 Å². The minimum absolute atomic E-state index is 0.0349. The van der Waals surface area contributed by atoms with Gasteiger partial charge in [0.25, 0.3) is 0 Å². The number of hydrogen-bond donors (Lipinski definition) is 1. The first-order valence-corrected chi connectivity index (χ1v) is 13.3. The van der Waals surface area contributed by atoms with Crippen molar-refractivity contribution in [1.29, 1.82) is 0 Å². The van der Waals surface area contributed by atoms with E-state index in [1.54, 1.807) is 26.8 Å². The van der Waals surface area contributed by atoms with Gasteiger partial charge < -0.3 is 19.2 Å². The lowest BCUT2D eigenvalue weighted by Crippen LogP contribution is -2.45. The van der Waals surface area contributed by atoms with Crippen LogP contribution in [-0.2, 0) is 16.0 Å². The van der Waals surface area contributed by atoms with Crippen molar-refractivity contribution in [2.75, 3.05) is 12.0 Å². The number of aryl methyl sites for hydroxylation is 1. The van der Waals surface area contributed by atoms with Crippen LogP contribution >= 0.6 is 23.4 Å². The molecule has 3 aromatic rings. The first-order chi connectivity index (χ1) is 17.0. The molecule has 2 aromatic carbocycles. The highest BCUT2D eigenvalue weighted by Gasteiger charge is 2.27. The van der Waals surface area contributed by atoms with E-state index in [2.05, 4.69) is 5.32 Å². The van der Waals surface area contributed by atoms with Gasteiger partial charge in [-0.05, 0) is 63.3 Å². The molecule has 3 rings (SSSR count). The first-order valence-electron chi connectivity index (χ1n) is 11.5. The van der Waals surface area contributed by atoms with Gasteiger partial charge in [0, 0.05) is 23.4 Å². The molecule has 0 aliphatic carbocycles. The van der Waals surface area contributed by atoms with Gasteiger partial charge >= 0.3 is 17.7 Å². The molecule has 192 valence electrons. The van der Waals surface area contributed by atoms with Crippen LogP contribution in [0.15, 0.2) is 51.7 Å². The van der Waals surface area contributed by atoms with E-state index in [4.69, 9.17) is 25.5 Å². The van der Waals surface area contributed by atoms with E-state index >= 15 is 0 Å². The summed E-state index contributed by atoms with van der Waals surface area (Å²) >= 11 is 7.99. The second kappa shape index (κ2) is 11.8. The third-order valence-corrected chi connectivity index (χ3v) is 6.30. The first kappa shape index (κ1) is 27.6. The molecular formula is C27H30ClNO6S. The quantitative estimate of drug-likeness (QED) is 0.220. The average molecular weight is 532 g/mol. The largest absolute Gasteiger partial charge is 0.444 e. The van der Waals surface area contributed by atoms with Gasteiger partial charge in [-0.3, -0.25) is 0 Å². The van der Waals surface area contributed by atoms with E-state index in [0.717, 1.165) is 11.1 Å². The Kier molecular flexibility index (Phi) is 9.08. The van der Waals surface area contributed by atoms with Crippen molar-refractivity contribution < 1.29 is 23.5 Å². The average Bonchev–Trinajstić information content (AvgIpc) is 2.80. The number of hydrogen-bond acceptors (Lipinski definition) is 7. The number of carbonyl (C=O) groups excluding carboxylic acids is 2. The predicted octanol–water partition coefficient (Wildman–Crippen LogP) is 5.90. The molecular weight excluding hydrogens is 502 g/mol. The second-order valence-electron chi connectivity index (χ2n) is 9.34. The van der Waals surface area contributed by atoms with Gasteiger partial charge in [0.15, 0.2) is 5.75 Å². The molecule has 0 aliphatic heterocycles. The number of benzene rings is 2. The molecule has 1 amide bonds. The third-order valence-electron chi connectivity index (χ3n) is 5.36. The second-order valence-corrected chi connectivity index (χ2v) is 10.7. The SMILES string of the molecule is CSCCC(NC(=O)OC(C)(C)C)C(=O)Oc1cc2oc(=O)c(Cc3ccccc3)c(C)c2cc1Cl. The number of alkyl carbamates (subject to hydrolysis) is 1. The maximum atomic E-state index is 12.9. The van der Waals surface area contributed by atoms with E-state index in [9.17, 15) is 14.4 Å². The summed E-state index contributed by atoms with van der Waals surface area (Å²) in [6.07, 6.45) is 1.93. The number of nitrogens with one attached hydrogen (secondary N) is 1. The zero-order valence-corrected chi connectivity index (χ0v) is 22.5. The normalized spacial score (nSPS) is 12.3.